The minimum absolute atomic E-state index is 0.185. The van der Waals surface area contributed by atoms with E-state index in [4.69, 9.17) is 9.94 Å². The van der Waals surface area contributed by atoms with Crippen LogP contribution in [0.1, 0.15) is 11.1 Å². The summed E-state index contributed by atoms with van der Waals surface area (Å²) >= 11 is 5.08. The smallest absolute Gasteiger partial charge is 0.142 e. The molecule has 156 valence electrons. The minimum atomic E-state index is -0.295. The molecule has 0 radical (unpaired) electrons. The van der Waals surface area contributed by atoms with Crippen molar-refractivity contribution in [2.75, 3.05) is 0 Å². The summed E-state index contributed by atoms with van der Waals surface area (Å²) < 4.78 is 16.2. The van der Waals surface area contributed by atoms with E-state index in [1.807, 2.05) is 66.3 Å². The van der Waals surface area contributed by atoms with E-state index < -0.39 is 0 Å². The molecule has 0 aliphatic rings. The van der Waals surface area contributed by atoms with E-state index in [1.54, 1.807) is 30.1 Å². The molecule has 0 spiro atoms. The Bertz CT molecular complexity index is 1190. The second kappa shape index (κ2) is 9.94. The molecule has 7 heteroatoms. The highest BCUT2D eigenvalue weighted by Gasteiger charge is 2.17. The van der Waals surface area contributed by atoms with Gasteiger partial charge in [-0.25, -0.2) is 4.39 Å². The third kappa shape index (κ3) is 5.42. The maximum Gasteiger partial charge on any atom is 0.142 e. The molecule has 1 aromatic heterocycles. The second-order valence-corrected chi connectivity index (χ2v) is 8.73. The van der Waals surface area contributed by atoms with Crippen LogP contribution in [0.2, 0.25) is 0 Å². The molecule has 3 aromatic carbocycles. The zero-order valence-electron chi connectivity index (χ0n) is 16.7. The second-order valence-electron chi connectivity index (χ2n) is 6.75. The Hall–Kier alpha value is -2.90. The summed E-state index contributed by atoms with van der Waals surface area (Å²) in [5.74, 6) is -0.295. The maximum atomic E-state index is 13.4. The summed E-state index contributed by atoms with van der Waals surface area (Å²) in [6.07, 6.45) is 1.68. The molecule has 0 fully saturated rings. The normalized spacial score (nSPS) is 11.2. The fourth-order valence-corrected chi connectivity index (χ4v) is 4.21. The van der Waals surface area contributed by atoms with Gasteiger partial charge in [0.1, 0.15) is 23.1 Å². The molecule has 0 saturated carbocycles. The Morgan fingerprint density at radius 3 is 2.58 bits per heavy atom. The van der Waals surface area contributed by atoms with Crippen molar-refractivity contribution in [2.45, 2.75) is 16.5 Å². The number of hydrogen-bond donors (Lipinski definition) is 0. The van der Waals surface area contributed by atoms with Crippen molar-refractivity contribution in [3.8, 4) is 11.3 Å². The van der Waals surface area contributed by atoms with Gasteiger partial charge in [-0.15, -0.1) is 0 Å². The van der Waals surface area contributed by atoms with E-state index in [9.17, 15) is 4.39 Å². The molecule has 0 aliphatic carbocycles. The van der Waals surface area contributed by atoms with E-state index in [0.29, 0.717) is 0 Å². The van der Waals surface area contributed by atoms with Crippen LogP contribution in [0.15, 0.2) is 98.4 Å². The summed E-state index contributed by atoms with van der Waals surface area (Å²) in [6, 6.07) is 24.4. The predicted octanol–water partition coefficient (Wildman–Crippen LogP) is 6.69. The van der Waals surface area contributed by atoms with Gasteiger partial charge in [-0.3, -0.25) is 4.68 Å². The number of oxime groups is 1. The third-order valence-corrected chi connectivity index (χ3v) is 6.20. The third-order valence-electron chi connectivity index (χ3n) is 4.48. The molecule has 0 saturated heterocycles. The Kier molecular flexibility index (Phi) is 6.84. The van der Waals surface area contributed by atoms with Crippen molar-refractivity contribution in [3.05, 3.63) is 100 Å². The van der Waals surface area contributed by atoms with Gasteiger partial charge in [0.25, 0.3) is 0 Å². The van der Waals surface area contributed by atoms with Crippen LogP contribution in [0.3, 0.4) is 0 Å². The number of nitrogens with zero attached hydrogens (tertiary/aromatic N) is 3. The van der Waals surface area contributed by atoms with Crippen molar-refractivity contribution in [1.29, 1.82) is 0 Å². The monoisotopic (exact) mass is 495 g/mol. The number of aryl methyl sites for hydroxylation is 1. The van der Waals surface area contributed by atoms with Gasteiger partial charge in [-0.2, -0.15) is 5.10 Å². The highest BCUT2D eigenvalue weighted by Crippen LogP contribution is 2.35. The average Bonchev–Trinajstić information content (AvgIpc) is 3.09. The minimum Gasteiger partial charge on any atom is -0.391 e. The van der Waals surface area contributed by atoms with Gasteiger partial charge in [0.15, 0.2) is 0 Å². The van der Waals surface area contributed by atoms with Crippen LogP contribution >= 0.6 is 27.7 Å². The van der Waals surface area contributed by atoms with Crippen LogP contribution in [0, 0.1) is 5.82 Å². The van der Waals surface area contributed by atoms with Gasteiger partial charge < -0.3 is 4.84 Å². The van der Waals surface area contributed by atoms with Crippen LogP contribution < -0.4 is 0 Å². The van der Waals surface area contributed by atoms with Crippen LogP contribution in [0.5, 0.6) is 0 Å². The first-order valence-corrected chi connectivity index (χ1v) is 11.2. The summed E-state index contributed by atoms with van der Waals surface area (Å²) in [6.45, 7) is 0.185. The maximum absolute atomic E-state index is 13.4. The van der Waals surface area contributed by atoms with Crippen LogP contribution in [0.4, 0.5) is 4.39 Å². The number of aromatic nitrogens is 2. The first-order chi connectivity index (χ1) is 15.1. The molecule has 4 nitrogen and oxygen atoms in total. The van der Waals surface area contributed by atoms with E-state index in [-0.39, 0.29) is 12.4 Å². The number of rotatable bonds is 7. The number of benzene rings is 3. The van der Waals surface area contributed by atoms with Crippen molar-refractivity contribution < 1.29 is 9.23 Å². The lowest BCUT2D eigenvalue weighted by atomic mass is 10.1. The quantitative estimate of drug-likeness (QED) is 0.211. The fraction of sp³-hybridized carbons (Fsp3) is 0.0833. The fourth-order valence-electron chi connectivity index (χ4n) is 3.01. The molecule has 31 heavy (non-hydrogen) atoms. The Morgan fingerprint density at radius 2 is 1.84 bits per heavy atom. The molecule has 4 rings (SSSR count). The lowest BCUT2D eigenvalue weighted by molar-refractivity contribution is 0.132. The summed E-state index contributed by atoms with van der Waals surface area (Å²) in [4.78, 5) is 6.53. The van der Waals surface area contributed by atoms with Crippen molar-refractivity contribution in [2.24, 2.45) is 12.2 Å². The van der Waals surface area contributed by atoms with Crippen molar-refractivity contribution in [3.63, 3.8) is 0 Å². The average molecular weight is 496 g/mol. The van der Waals surface area contributed by atoms with Gasteiger partial charge in [0, 0.05) is 22.0 Å². The van der Waals surface area contributed by atoms with E-state index in [2.05, 4.69) is 21.1 Å². The molecule has 0 atom stereocenters. The molecule has 0 unspecified atom stereocenters. The summed E-state index contributed by atoms with van der Waals surface area (Å²) in [7, 11) is 1.92. The Balaban J connectivity index is 1.63. The van der Waals surface area contributed by atoms with Crippen LogP contribution in [-0.4, -0.2) is 16.0 Å². The molecule has 0 bridgehead atoms. The van der Waals surface area contributed by atoms with Gasteiger partial charge in [0.2, 0.25) is 0 Å². The summed E-state index contributed by atoms with van der Waals surface area (Å²) in [5.41, 5.74) is 3.39. The molecular weight excluding hydrogens is 477 g/mol. The van der Waals surface area contributed by atoms with Gasteiger partial charge in [0.05, 0.1) is 11.8 Å². The Morgan fingerprint density at radius 1 is 1.06 bits per heavy atom. The van der Waals surface area contributed by atoms with E-state index >= 15 is 0 Å². The predicted molar refractivity (Wildman–Crippen MR) is 126 cm³/mol. The van der Waals surface area contributed by atoms with E-state index in [0.717, 1.165) is 36.8 Å². The first-order valence-electron chi connectivity index (χ1n) is 9.56. The standard InChI is InChI=1S/C24H19BrFN3OS/c1-29-24(31-21-12-10-19(25)11-13-21)22(23(28-29)18-7-3-2-4-8-18)15-27-30-16-17-6-5-9-20(26)14-17/h2-15H,16H2,1H3. The topological polar surface area (TPSA) is 39.4 Å². The zero-order valence-corrected chi connectivity index (χ0v) is 19.1. The van der Waals surface area contributed by atoms with Crippen molar-refractivity contribution >= 4 is 33.9 Å². The van der Waals surface area contributed by atoms with Crippen LogP contribution in [0.25, 0.3) is 11.3 Å². The molecule has 1 heterocycles. The molecular formula is C24H19BrFN3OS. The molecule has 0 N–H and O–H groups in total. The summed E-state index contributed by atoms with van der Waals surface area (Å²) in [5, 5.41) is 9.84. The van der Waals surface area contributed by atoms with Gasteiger partial charge >= 0.3 is 0 Å². The lowest BCUT2D eigenvalue weighted by Crippen LogP contribution is -1.94. The lowest BCUT2D eigenvalue weighted by Gasteiger charge is -2.05. The Labute approximate surface area is 192 Å². The molecule has 0 aliphatic heterocycles. The number of halogens is 2. The number of hydrogen-bond acceptors (Lipinski definition) is 4. The molecule has 0 amide bonds. The highest BCUT2D eigenvalue weighted by atomic mass is 79.9. The zero-order chi connectivity index (χ0) is 21.6. The van der Waals surface area contributed by atoms with Crippen molar-refractivity contribution in [1.82, 2.24) is 9.78 Å². The first kappa shape index (κ1) is 21.3. The molecule has 4 aromatic rings. The van der Waals surface area contributed by atoms with E-state index in [1.165, 1.54) is 12.1 Å². The largest absolute Gasteiger partial charge is 0.391 e. The van der Waals surface area contributed by atoms with Crippen LogP contribution in [-0.2, 0) is 18.5 Å². The van der Waals surface area contributed by atoms with Gasteiger partial charge in [-0.1, -0.05) is 75.3 Å². The SMILES string of the molecule is Cn1nc(-c2ccccc2)c(C=NOCc2cccc(F)c2)c1Sc1ccc(Br)cc1. The highest BCUT2D eigenvalue weighted by molar-refractivity contribution is 9.10. The van der Waals surface area contributed by atoms with Gasteiger partial charge in [-0.05, 0) is 42.0 Å².